The van der Waals surface area contributed by atoms with Crippen LogP contribution >= 0.6 is 0 Å². The number of allylic oxidation sites excluding steroid dienone is 1. The molecule has 0 fully saturated rings. The van der Waals surface area contributed by atoms with Crippen molar-refractivity contribution < 1.29 is 14.7 Å². The van der Waals surface area contributed by atoms with Crippen LogP contribution in [0, 0.1) is 0 Å². The van der Waals surface area contributed by atoms with Crippen molar-refractivity contribution in [2.24, 2.45) is 0 Å². The zero-order chi connectivity index (χ0) is 23.9. The number of amides is 1. The fourth-order valence-electron chi connectivity index (χ4n) is 3.98. The Labute approximate surface area is 198 Å². The molecule has 2 N–H and O–H groups in total. The Morgan fingerprint density at radius 2 is 1.28 bits per heavy atom. The third kappa shape index (κ3) is 20.5. The van der Waals surface area contributed by atoms with E-state index in [1.807, 2.05) is 6.08 Å². The van der Waals surface area contributed by atoms with Crippen LogP contribution in [0.15, 0.2) is 12.2 Å². The van der Waals surface area contributed by atoms with Crippen molar-refractivity contribution in [2.45, 2.75) is 129 Å². The van der Waals surface area contributed by atoms with Gasteiger partial charge in [0.25, 0.3) is 0 Å². The van der Waals surface area contributed by atoms with Gasteiger partial charge in [-0.25, -0.2) is 0 Å². The van der Waals surface area contributed by atoms with E-state index >= 15 is 0 Å². The number of nitrogens with one attached hydrogen (secondary N) is 1. The molecule has 0 bridgehead atoms. The van der Waals surface area contributed by atoms with E-state index in [-0.39, 0.29) is 5.91 Å². The van der Waals surface area contributed by atoms with Crippen LogP contribution in [-0.2, 0) is 9.59 Å². The molecule has 0 rings (SSSR count). The van der Waals surface area contributed by atoms with E-state index in [2.05, 4.69) is 12.2 Å². The van der Waals surface area contributed by atoms with Crippen molar-refractivity contribution >= 4 is 11.9 Å². The Morgan fingerprint density at radius 1 is 0.781 bits per heavy atom. The Morgan fingerprint density at radius 3 is 1.75 bits per heavy atom. The second-order valence-corrected chi connectivity index (χ2v) is 9.39. The monoisotopic (exact) mass is 452 g/mol. The fraction of sp³-hybridized carbons (Fsp3) is 0.852. The maximum absolute atomic E-state index is 11.8. The van der Waals surface area contributed by atoms with Gasteiger partial charge in [-0.2, -0.15) is 0 Å². The van der Waals surface area contributed by atoms with Gasteiger partial charge in [-0.3, -0.25) is 14.5 Å². The Bertz CT molecular complexity index is 478. The maximum Gasteiger partial charge on any atom is 0.320 e. The van der Waals surface area contributed by atoms with Gasteiger partial charge in [0.1, 0.15) is 6.04 Å². The van der Waals surface area contributed by atoms with Crippen LogP contribution in [0.2, 0.25) is 0 Å². The molecule has 0 aromatic heterocycles. The molecule has 0 spiro atoms. The highest BCUT2D eigenvalue weighted by atomic mass is 16.4. The molecule has 0 aliphatic rings. The average Bonchev–Trinajstić information content (AvgIpc) is 2.75. The zero-order valence-corrected chi connectivity index (χ0v) is 21.4. The van der Waals surface area contributed by atoms with Crippen LogP contribution in [0.1, 0.15) is 122 Å². The molecule has 0 heterocycles. The fourth-order valence-corrected chi connectivity index (χ4v) is 3.98. The van der Waals surface area contributed by atoms with Crippen LogP contribution in [0.5, 0.6) is 0 Å². The third-order valence-corrected chi connectivity index (χ3v) is 6.11. The number of hydrogen-bond acceptors (Lipinski definition) is 3. The molecular weight excluding hydrogens is 400 g/mol. The standard InChI is InChI=1S/C27H52N2O3/c1-4-5-6-7-8-9-10-11-12-13-14-15-16-17-18-19-23-26(30)28-24-21-20-22-25(27(31)32)29(2)3/h19,23,25H,4-18,20-22,24H2,1-3H3,(H,28,30)(H,31,32)/b23-19+/t25-/m0/s1. The summed E-state index contributed by atoms with van der Waals surface area (Å²) in [5.41, 5.74) is 0. The summed E-state index contributed by atoms with van der Waals surface area (Å²) in [4.78, 5) is 24.6. The molecule has 1 atom stereocenters. The van der Waals surface area contributed by atoms with Gasteiger partial charge in [-0.15, -0.1) is 0 Å². The van der Waals surface area contributed by atoms with Crippen molar-refractivity contribution in [2.75, 3.05) is 20.6 Å². The first-order chi connectivity index (χ1) is 15.5. The lowest BCUT2D eigenvalue weighted by Gasteiger charge is -2.19. The van der Waals surface area contributed by atoms with Crippen molar-refractivity contribution in [1.82, 2.24) is 10.2 Å². The number of likely N-dealkylation sites (N-methyl/N-ethyl adjacent to an activating group) is 1. The molecule has 0 saturated heterocycles. The van der Waals surface area contributed by atoms with Crippen molar-refractivity contribution in [3.8, 4) is 0 Å². The number of carboxylic acids is 1. The molecule has 0 aliphatic carbocycles. The molecule has 5 nitrogen and oxygen atoms in total. The highest BCUT2D eigenvalue weighted by molar-refractivity contribution is 5.87. The Hall–Kier alpha value is -1.36. The molecule has 32 heavy (non-hydrogen) atoms. The Balaban J connectivity index is 3.40. The van der Waals surface area contributed by atoms with E-state index in [0.29, 0.717) is 13.0 Å². The van der Waals surface area contributed by atoms with E-state index in [1.165, 1.54) is 83.5 Å². The predicted octanol–water partition coefficient (Wildman–Crippen LogP) is 6.72. The molecule has 0 radical (unpaired) electrons. The topological polar surface area (TPSA) is 69.6 Å². The molecular formula is C27H52N2O3. The summed E-state index contributed by atoms with van der Waals surface area (Å²) >= 11 is 0. The van der Waals surface area contributed by atoms with Gasteiger partial charge >= 0.3 is 5.97 Å². The lowest BCUT2D eigenvalue weighted by atomic mass is 10.0. The first kappa shape index (κ1) is 30.6. The highest BCUT2D eigenvalue weighted by Gasteiger charge is 2.18. The number of unbranched alkanes of at least 4 members (excludes halogenated alkanes) is 15. The molecule has 0 aliphatic heterocycles. The smallest absolute Gasteiger partial charge is 0.320 e. The second kappa shape index (κ2) is 22.8. The Kier molecular flexibility index (Phi) is 21.9. The third-order valence-electron chi connectivity index (χ3n) is 6.11. The molecule has 0 aromatic rings. The average molecular weight is 453 g/mol. The minimum absolute atomic E-state index is 0.0437. The normalized spacial score (nSPS) is 12.5. The summed E-state index contributed by atoms with van der Waals surface area (Å²) in [5, 5.41) is 12.0. The van der Waals surface area contributed by atoms with Gasteiger partial charge in [0, 0.05) is 6.54 Å². The minimum Gasteiger partial charge on any atom is -0.480 e. The number of rotatable bonds is 23. The van der Waals surface area contributed by atoms with Crippen LogP contribution in [0.25, 0.3) is 0 Å². The summed E-state index contributed by atoms with van der Waals surface area (Å²) in [5.74, 6) is -0.830. The summed E-state index contributed by atoms with van der Waals surface area (Å²) in [6.45, 7) is 2.87. The molecule has 0 aromatic carbocycles. The zero-order valence-electron chi connectivity index (χ0n) is 21.4. The largest absolute Gasteiger partial charge is 0.480 e. The van der Waals surface area contributed by atoms with Gasteiger partial charge in [-0.1, -0.05) is 96.5 Å². The van der Waals surface area contributed by atoms with Gasteiger partial charge in [0.15, 0.2) is 0 Å². The first-order valence-corrected chi connectivity index (χ1v) is 13.3. The van der Waals surface area contributed by atoms with Crippen LogP contribution in [0.4, 0.5) is 0 Å². The van der Waals surface area contributed by atoms with Gasteiger partial charge in [0.05, 0.1) is 0 Å². The highest BCUT2D eigenvalue weighted by Crippen LogP contribution is 2.13. The van der Waals surface area contributed by atoms with E-state index in [4.69, 9.17) is 5.11 Å². The summed E-state index contributed by atoms with van der Waals surface area (Å²) in [7, 11) is 3.56. The van der Waals surface area contributed by atoms with Crippen LogP contribution < -0.4 is 5.32 Å². The van der Waals surface area contributed by atoms with Gasteiger partial charge < -0.3 is 10.4 Å². The number of aliphatic carboxylic acids is 1. The second-order valence-electron chi connectivity index (χ2n) is 9.39. The van der Waals surface area contributed by atoms with Crippen LogP contribution in [0.3, 0.4) is 0 Å². The lowest BCUT2D eigenvalue weighted by molar-refractivity contribution is -0.142. The first-order valence-electron chi connectivity index (χ1n) is 13.3. The lowest BCUT2D eigenvalue weighted by Crippen LogP contribution is -2.35. The summed E-state index contributed by atoms with van der Waals surface area (Å²) in [6, 6.07) is -0.448. The van der Waals surface area contributed by atoms with E-state index in [1.54, 1.807) is 25.1 Å². The summed E-state index contributed by atoms with van der Waals surface area (Å²) < 4.78 is 0. The van der Waals surface area contributed by atoms with E-state index in [0.717, 1.165) is 25.7 Å². The van der Waals surface area contributed by atoms with E-state index < -0.39 is 12.0 Å². The van der Waals surface area contributed by atoms with Gasteiger partial charge in [-0.05, 0) is 52.3 Å². The SMILES string of the molecule is CCCCCCCCCCCCCCCC/C=C/C(=O)NCCCC[C@@H](C(=O)O)N(C)C. The molecule has 0 saturated carbocycles. The molecule has 188 valence electrons. The number of hydrogen-bond donors (Lipinski definition) is 2. The summed E-state index contributed by atoms with van der Waals surface area (Å²) in [6.07, 6.45) is 25.8. The molecule has 5 heteroatoms. The minimum atomic E-state index is -0.787. The molecule has 1 amide bonds. The number of nitrogens with zero attached hydrogens (tertiary/aromatic N) is 1. The number of carboxylic acid groups (broad SMARTS) is 1. The quantitative estimate of drug-likeness (QED) is 0.133. The van der Waals surface area contributed by atoms with Crippen molar-refractivity contribution in [1.29, 1.82) is 0 Å². The number of carbonyl (C=O) groups excluding carboxylic acids is 1. The van der Waals surface area contributed by atoms with E-state index in [9.17, 15) is 9.59 Å². The predicted molar refractivity (Wildman–Crippen MR) is 136 cm³/mol. The van der Waals surface area contributed by atoms with Crippen molar-refractivity contribution in [3.63, 3.8) is 0 Å². The van der Waals surface area contributed by atoms with Crippen molar-refractivity contribution in [3.05, 3.63) is 12.2 Å². The van der Waals surface area contributed by atoms with Crippen LogP contribution in [-0.4, -0.2) is 48.6 Å². The van der Waals surface area contributed by atoms with Gasteiger partial charge in [0.2, 0.25) is 5.91 Å². The maximum atomic E-state index is 11.8. The molecule has 0 unspecified atom stereocenters. The number of carbonyl (C=O) groups is 2.